The van der Waals surface area contributed by atoms with E-state index in [2.05, 4.69) is 0 Å². The summed E-state index contributed by atoms with van der Waals surface area (Å²) in [5, 5.41) is 2.02. The largest absolute Gasteiger partial charge is 0.385 e. The van der Waals surface area contributed by atoms with Crippen LogP contribution in [0.4, 0.5) is 0 Å². The second kappa shape index (κ2) is 13.7. The number of methoxy groups -OCH3 is 1. The van der Waals surface area contributed by atoms with Crippen LogP contribution in [-0.2, 0) is 27.4 Å². The van der Waals surface area contributed by atoms with Crippen LogP contribution in [0.15, 0.2) is 78.2 Å². The Morgan fingerprint density at radius 3 is 2.24 bits per heavy atom. The van der Waals surface area contributed by atoms with Gasteiger partial charge in [-0.1, -0.05) is 73.7 Å². The first kappa shape index (κ1) is 25.7. The molecule has 0 saturated heterocycles. The number of amides is 2. The monoisotopic (exact) mass is 478 g/mol. The third kappa shape index (κ3) is 7.54. The van der Waals surface area contributed by atoms with E-state index in [1.54, 1.807) is 23.3 Å². The predicted molar refractivity (Wildman–Crippen MR) is 138 cm³/mol. The summed E-state index contributed by atoms with van der Waals surface area (Å²) < 4.78 is 5.21. The van der Waals surface area contributed by atoms with Gasteiger partial charge in [-0.15, -0.1) is 11.3 Å². The molecule has 3 rings (SSSR count). The van der Waals surface area contributed by atoms with Gasteiger partial charge in [-0.25, -0.2) is 0 Å². The van der Waals surface area contributed by atoms with Crippen LogP contribution in [0.2, 0.25) is 0 Å². The average Bonchev–Trinajstić information content (AvgIpc) is 3.38. The minimum Gasteiger partial charge on any atom is -0.385 e. The van der Waals surface area contributed by atoms with Gasteiger partial charge in [0.2, 0.25) is 11.8 Å². The van der Waals surface area contributed by atoms with Gasteiger partial charge in [0.1, 0.15) is 0 Å². The van der Waals surface area contributed by atoms with Crippen molar-refractivity contribution in [2.24, 2.45) is 0 Å². The van der Waals surface area contributed by atoms with Crippen molar-refractivity contribution in [2.75, 3.05) is 26.8 Å². The number of nitrogens with zero attached hydrogens (tertiary/aromatic N) is 2. The Kier molecular flexibility index (Phi) is 10.3. The van der Waals surface area contributed by atoms with Crippen molar-refractivity contribution >= 4 is 23.2 Å². The van der Waals surface area contributed by atoms with Crippen molar-refractivity contribution in [3.63, 3.8) is 0 Å². The molecule has 5 nitrogen and oxygen atoms in total. The quantitative estimate of drug-likeness (QED) is 0.312. The molecule has 2 amide bonds. The molecule has 0 saturated carbocycles. The lowest BCUT2D eigenvalue weighted by molar-refractivity contribution is -0.142. The van der Waals surface area contributed by atoms with E-state index in [1.807, 2.05) is 90.0 Å². The topological polar surface area (TPSA) is 49.9 Å². The van der Waals surface area contributed by atoms with Gasteiger partial charge in [0.05, 0.1) is 19.0 Å². The second-order valence-corrected chi connectivity index (χ2v) is 9.32. The van der Waals surface area contributed by atoms with E-state index in [9.17, 15) is 9.59 Å². The van der Waals surface area contributed by atoms with E-state index in [1.165, 1.54) is 0 Å². The molecule has 0 radical (unpaired) electrons. The molecule has 0 N–H and O–H groups in total. The molecule has 0 bridgehead atoms. The Labute approximate surface area is 207 Å². The Bertz CT molecular complexity index is 993. The fourth-order valence-electron chi connectivity index (χ4n) is 4.02. The van der Waals surface area contributed by atoms with Crippen LogP contribution < -0.4 is 0 Å². The van der Waals surface area contributed by atoms with Gasteiger partial charge in [0, 0.05) is 31.7 Å². The van der Waals surface area contributed by atoms with E-state index < -0.39 is 0 Å². The average molecular weight is 479 g/mol. The van der Waals surface area contributed by atoms with Crippen LogP contribution in [0.1, 0.15) is 41.7 Å². The number of hydrogen-bond donors (Lipinski definition) is 0. The molecule has 34 heavy (non-hydrogen) atoms. The molecule has 0 aliphatic heterocycles. The van der Waals surface area contributed by atoms with Gasteiger partial charge in [0.25, 0.3) is 0 Å². The highest BCUT2D eigenvalue weighted by Crippen LogP contribution is 2.23. The van der Waals surface area contributed by atoms with Gasteiger partial charge >= 0.3 is 0 Å². The number of benzene rings is 2. The maximum Gasteiger partial charge on any atom is 0.242 e. The number of ether oxygens (including phenoxy) is 1. The van der Waals surface area contributed by atoms with Gasteiger partial charge in [-0.3, -0.25) is 9.59 Å². The van der Waals surface area contributed by atoms with Gasteiger partial charge in [-0.2, -0.15) is 0 Å². The first-order valence-electron chi connectivity index (χ1n) is 11.8. The third-order valence-electron chi connectivity index (χ3n) is 5.82. The fraction of sp³-hybridized carbons (Fsp3) is 0.357. The highest BCUT2D eigenvalue weighted by molar-refractivity contribution is 7.09. The Morgan fingerprint density at radius 1 is 0.912 bits per heavy atom. The lowest BCUT2D eigenvalue weighted by Crippen LogP contribution is -2.44. The Balaban J connectivity index is 1.79. The zero-order valence-corrected chi connectivity index (χ0v) is 20.9. The Hall–Kier alpha value is -2.96. The molecule has 180 valence electrons. The van der Waals surface area contributed by atoms with Crippen LogP contribution in [-0.4, -0.2) is 48.4 Å². The van der Waals surface area contributed by atoms with Crippen LogP contribution in [0.5, 0.6) is 0 Å². The molecular weight excluding hydrogens is 444 g/mol. The zero-order chi connectivity index (χ0) is 24.2. The van der Waals surface area contributed by atoms with E-state index in [0.29, 0.717) is 39.1 Å². The van der Waals surface area contributed by atoms with Crippen molar-refractivity contribution in [3.8, 4) is 0 Å². The summed E-state index contributed by atoms with van der Waals surface area (Å²) in [6, 6.07) is 23.9. The molecule has 1 aromatic heterocycles. The number of carbonyl (C=O) groups excluding carboxylic acids is 2. The van der Waals surface area contributed by atoms with Gasteiger partial charge in [-0.05, 0) is 35.4 Å². The molecule has 2 aromatic carbocycles. The minimum absolute atomic E-state index is 0.00561. The Morgan fingerprint density at radius 2 is 1.62 bits per heavy atom. The number of thiophene rings is 1. The summed E-state index contributed by atoms with van der Waals surface area (Å²) in [5.41, 5.74) is 2.05. The van der Waals surface area contributed by atoms with Gasteiger partial charge < -0.3 is 14.5 Å². The van der Waals surface area contributed by atoms with Crippen molar-refractivity contribution in [3.05, 3.63) is 94.2 Å². The summed E-state index contributed by atoms with van der Waals surface area (Å²) in [4.78, 5) is 31.9. The molecular formula is C28H34N2O3S. The number of hydrogen-bond acceptors (Lipinski definition) is 4. The maximum atomic E-state index is 13.6. The van der Waals surface area contributed by atoms with Crippen LogP contribution >= 0.6 is 11.3 Å². The first-order chi connectivity index (χ1) is 16.6. The third-order valence-corrected chi connectivity index (χ3v) is 6.68. The van der Waals surface area contributed by atoms with Gasteiger partial charge in [0.15, 0.2) is 0 Å². The molecule has 6 heteroatoms. The number of rotatable bonds is 13. The highest BCUT2D eigenvalue weighted by Gasteiger charge is 2.27. The van der Waals surface area contributed by atoms with E-state index in [0.717, 1.165) is 16.0 Å². The maximum absolute atomic E-state index is 13.6. The molecule has 0 spiro atoms. The van der Waals surface area contributed by atoms with E-state index in [4.69, 9.17) is 4.74 Å². The van der Waals surface area contributed by atoms with Crippen LogP contribution in [0.3, 0.4) is 0 Å². The van der Waals surface area contributed by atoms with E-state index in [-0.39, 0.29) is 24.3 Å². The standard InChI is InChI=1S/C28H34N2O3S/c1-3-26(24-14-8-5-9-15-24)28(32)29(17-11-18-33-2)22-27(31)30(21-25-16-10-19-34-25)20-23-12-6-4-7-13-23/h4-10,12-16,19,26H,3,11,17-18,20-22H2,1-2H3. The minimum atomic E-state index is -0.267. The summed E-state index contributed by atoms with van der Waals surface area (Å²) >= 11 is 1.64. The van der Waals surface area contributed by atoms with Crippen molar-refractivity contribution in [1.29, 1.82) is 0 Å². The molecule has 1 atom stereocenters. The highest BCUT2D eigenvalue weighted by atomic mass is 32.1. The van der Waals surface area contributed by atoms with Crippen molar-refractivity contribution in [1.82, 2.24) is 9.80 Å². The van der Waals surface area contributed by atoms with Crippen LogP contribution in [0, 0.1) is 0 Å². The van der Waals surface area contributed by atoms with Crippen molar-refractivity contribution < 1.29 is 14.3 Å². The fourth-order valence-corrected chi connectivity index (χ4v) is 4.73. The zero-order valence-electron chi connectivity index (χ0n) is 20.1. The molecule has 1 unspecified atom stereocenters. The molecule has 0 aliphatic rings. The normalized spacial score (nSPS) is 11.7. The first-order valence-corrected chi connectivity index (χ1v) is 12.7. The lowest BCUT2D eigenvalue weighted by Gasteiger charge is -2.30. The van der Waals surface area contributed by atoms with Crippen molar-refractivity contribution in [2.45, 2.75) is 38.8 Å². The summed E-state index contributed by atoms with van der Waals surface area (Å²) in [6.45, 7) is 4.14. The smallest absolute Gasteiger partial charge is 0.242 e. The molecule has 3 aromatic rings. The number of carbonyl (C=O) groups is 2. The molecule has 0 aliphatic carbocycles. The van der Waals surface area contributed by atoms with Crippen LogP contribution in [0.25, 0.3) is 0 Å². The predicted octanol–water partition coefficient (Wildman–Crippen LogP) is 5.34. The summed E-state index contributed by atoms with van der Waals surface area (Å²) in [7, 11) is 1.65. The summed E-state index contributed by atoms with van der Waals surface area (Å²) in [5.74, 6) is -0.323. The molecule has 0 fully saturated rings. The molecule has 1 heterocycles. The summed E-state index contributed by atoms with van der Waals surface area (Å²) in [6.07, 6.45) is 1.37. The van der Waals surface area contributed by atoms with E-state index >= 15 is 0 Å². The second-order valence-electron chi connectivity index (χ2n) is 8.29. The lowest BCUT2D eigenvalue weighted by atomic mass is 9.95. The SMILES string of the molecule is CCC(C(=O)N(CCCOC)CC(=O)N(Cc1ccccc1)Cc1cccs1)c1ccccc1.